The number of rotatable bonds is 6. The SMILES string of the molecule is c1csc(COc2ccc(CNC3C4CC5CC(C4)CC3C5)cc2)c1. The predicted molar refractivity (Wildman–Crippen MR) is 103 cm³/mol. The molecule has 1 N–H and O–H groups in total. The third kappa shape index (κ3) is 3.37. The van der Waals surface area contributed by atoms with Gasteiger partial charge in [0.1, 0.15) is 12.4 Å². The van der Waals surface area contributed by atoms with Gasteiger partial charge in [-0.25, -0.2) is 0 Å². The maximum atomic E-state index is 5.87. The molecule has 1 aromatic heterocycles. The molecule has 25 heavy (non-hydrogen) atoms. The van der Waals surface area contributed by atoms with Gasteiger partial charge >= 0.3 is 0 Å². The Morgan fingerprint density at radius 2 is 1.64 bits per heavy atom. The van der Waals surface area contributed by atoms with Crippen molar-refractivity contribution in [3.05, 3.63) is 52.2 Å². The second-order valence-electron chi connectivity index (χ2n) is 8.35. The van der Waals surface area contributed by atoms with Crippen LogP contribution in [0.2, 0.25) is 0 Å². The van der Waals surface area contributed by atoms with Gasteiger partial charge in [0.15, 0.2) is 0 Å². The summed E-state index contributed by atoms with van der Waals surface area (Å²) in [6, 6.07) is 13.6. The fourth-order valence-corrected chi connectivity index (χ4v) is 6.36. The minimum atomic E-state index is 0.670. The number of hydrogen-bond acceptors (Lipinski definition) is 3. The van der Waals surface area contributed by atoms with Gasteiger partial charge in [0.05, 0.1) is 0 Å². The molecule has 3 heteroatoms. The highest BCUT2D eigenvalue weighted by Gasteiger charge is 2.47. The van der Waals surface area contributed by atoms with Gasteiger partial charge in [-0.1, -0.05) is 18.2 Å². The van der Waals surface area contributed by atoms with Crippen LogP contribution in [0.1, 0.15) is 42.5 Å². The average molecular weight is 354 g/mol. The maximum Gasteiger partial charge on any atom is 0.122 e. The molecule has 1 aromatic carbocycles. The van der Waals surface area contributed by atoms with Gasteiger partial charge < -0.3 is 10.1 Å². The summed E-state index contributed by atoms with van der Waals surface area (Å²) < 4.78 is 5.87. The fourth-order valence-electron chi connectivity index (χ4n) is 5.75. The molecule has 0 spiro atoms. The molecule has 0 unspecified atom stereocenters. The van der Waals surface area contributed by atoms with Gasteiger partial charge in [0.2, 0.25) is 0 Å². The number of nitrogens with one attached hydrogen (secondary N) is 1. The minimum Gasteiger partial charge on any atom is -0.488 e. The second-order valence-corrected chi connectivity index (χ2v) is 9.38. The van der Waals surface area contributed by atoms with Crippen molar-refractivity contribution >= 4 is 11.3 Å². The number of ether oxygens (including phenoxy) is 1. The third-order valence-electron chi connectivity index (χ3n) is 6.65. The van der Waals surface area contributed by atoms with Gasteiger partial charge in [-0.05, 0) is 84.9 Å². The van der Waals surface area contributed by atoms with Crippen LogP contribution in [0.3, 0.4) is 0 Å². The lowest BCUT2D eigenvalue weighted by molar-refractivity contribution is -0.0142. The molecule has 2 aromatic rings. The van der Waals surface area contributed by atoms with Gasteiger partial charge in [-0.15, -0.1) is 11.3 Å². The van der Waals surface area contributed by atoms with E-state index in [2.05, 4.69) is 47.1 Å². The maximum absolute atomic E-state index is 5.87. The summed E-state index contributed by atoms with van der Waals surface area (Å²) in [6.45, 7) is 1.67. The molecule has 4 aliphatic carbocycles. The monoisotopic (exact) mass is 353 g/mol. The quantitative estimate of drug-likeness (QED) is 0.766. The first-order valence-corrected chi connectivity index (χ1v) is 10.7. The molecule has 0 saturated heterocycles. The smallest absolute Gasteiger partial charge is 0.122 e. The van der Waals surface area contributed by atoms with E-state index in [-0.39, 0.29) is 0 Å². The van der Waals surface area contributed by atoms with Crippen LogP contribution >= 0.6 is 11.3 Å². The van der Waals surface area contributed by atoms with E-state index >= 15 is 0 Å². The first-order valence-electron chi connectivity index (χ1n) is 9.81. The Bertz CT molecular complexity index is 665. The zero-order chi connectivity index (χ0) is 16.6. The average Bonchev–Trinajstić information content (AvgIpc) is 3.13. The second kappa shape index (κ2) is 6.77. The number of thiophene rings is 1. The molecular formula is C22H27NOS. The van der Waals surface area contributed by atoms with E-state index in [0.717, 1.165) is 42.0 Å². The highest BCUT2D eigenvalue weighted by molar-refractivity contribution is 7.09. The molecule has 4 bridgehead atoms. The van der Waals surface area contributed by atoms with Crippen molar-refractivity contribution in [3.63, 3.8) is 0 Å². The summed E-state index contributed by atoms with van der Waals surface area (Å²) in [4.78, 5) is 1.27. The van der Waals surface area contributed by atoms with Gasteiger partial charge in [-0.3, -0.25) is 0 Å². The van der Waals surface area contributed by atoms with Gasteiger partial charge in [0, 0.05) is 17.5 Å². The summed E-state index contributed by atoms with van der Waals surface area (Å²) in [7, 11) is 0. The van der Waals surface area contributed by atoms with Crippen LogP contribution in [0.4, 0.5) is 0 Å². The van der Waals surface area contributed by atoms with E-state index in [9.17, 15) is 0 Å². The van der Waals surface area contributed by atoms with Crippen molar-refractivity contribution in [3.8, 4) is 5.75 Å². The molecule has 0 aliphatic heterocycles. The first kappa shape index (κ1) is 15.9. The van der Waals surface area contributed by atoms with Crippen molar-refractivity contribution in [2.45, 2.75) is 51.3 Å². The number of hydrogen-bond donors (Lipinski definition) is 1. The Balaban J connectivity index is 1.15. The van der Waals surface area contributed by atoms with Gasteiger partial charge in [-0.2, -0.15) is 0 Å². The van der Waals surface area contributed by atoms with Crippen LogP contribution in [-0.2, 0) is 13.2 Å². The third-order valence-corrected chi connectivity index (χ3v) is 7.50. The molecule has 4 saturated carbocycles. The normalized spacial score (nSPS) is 32.9. The summed E-state index contributed by atoms with van der Waals surface area (Å²) in [5, 5.41) is 6.01. The number of benzene rings is 1. The van der Waals surface area contributed by atoms with Gasteiger partial charge in [0.25, 0.3) is 0 Å². The Hall–Kier alpha value is -1.32. The fraction of sp³-hybridized carbons (Fsp3) is 0.545. The highest BCUT2D eigenvalue weighted by atomic mass is 32.1. The Kier molecular flexibility index (Phi) is 4.31. The molecule has 6 rings (SSSR count). The van der Waals surface area contributed by atoms with Crippen molar-refractivity contribution in [2.75, 3.05) is 0 Å². The van der Waals surface area contributed by atoms with Crippen LogP contribution in [0.15, 0.2) is 41.8 Å². The predicted octanol–water partition coefficient (Wildman–Crippen LogP) is 5.24. The van der Waals surface area contributed by atoms with Crippen molar-refractivity contribution in [1.29, 1.82) is 0 Å². The molecule has 4 fully saturated rings. The summed E-state index contributed by atoms with van der Waals surface area (Å²) >= 11 is 1.75. The highest BCUT2D eigenvalue weighted by Crippen LogP contribution is 2.53. The van der Waals surface area contributed by atoms with Crippen LogP contribution in [0, 0.1) is 23.7 Å². The zero-order valence-corrected chi connectivity index (χ0v) is 15.5. The Morgan fingerprint density at radius 3 is 2.28 bits per heavy atom. The summed E-state index contributed by atoms with van der Waals surface area (Å²) in [5.41, 5.74) is 1.37. The van der Waals surface area contributed by atoms with Crippen LogP contribution in [-0.4, -0.2) is 6.04 Å². The molecule has 4 aliphatic rings. The zero-order valence-electron chi connectivity index (χ0n) is 14.7. The van der Waals surface area contributed by atoms with E-state index in [4.69, 9.17) is 4.74 Å². The van der Waals surface area contributed by atoms with Crippen molar-refractivity contribution in [2.24, 2.45) is 23.7 Å². The lowest BCUT2D eigenvalue weighted by Crippen LogP contribution is -2.54. The minimum absolute atomic E-state index is 0.670. The molecule has 0 amide bonds. The molecule has 2 nitrogen and oxygen atoms in total. The van der Waals surface area contributed by atoms with E-state index < -0.39 is 0 Å². The van der Waals surface area contributed by atoms with E-state index in [1.54, 1.807) is 11.3 Å². The van der Waals surface area contributed by atoms with Crippen LogP contribution in [0.25, 0.3) is 0 Å². The van der Waals surface area contributed by atoms with E-state index in [0.29, 0.717) is 6.61 Å². The molecule has 1 heterocycles. The first-order chi connectivity index (χ1) is 12.3. The summed E-state index contributed by atoms with van der Waals surface area (Å²) in [5.74, 6) is 4.97. The largest absolute Gasteiger partial charge is 0.488 e. The Morgan fingerprint density at radius 1 is 0.920 bits per heavy atom. The van der Waals surface area contributed by atoms with Crippen molar-refractivity contribution in [1.82, 2.24) is 5.32 Å². The molecular weight excluding hydrogens is 326 g/mol. The topological polar surface area (TPSA) is 21.3 Å². The van der Waals surface area contributed by atoms with Crippen LogP contribution < -0.4 is 10.1 Å². The molecule has 0 atom stereocenters. The lowest BCUT2D eigenvalue weighted by Gasteiger charge is -2.54. The standard InChI is InChI=1S/C22H27NOS/c1-2-21(25-7-1)14-24-20-5-3-15(4-6-20)13-23-22-18-9-16-8-17(11-18)12-19(22)10-16/h1-7,16-19,22-23H,8-14H2. The summed E-state index contributed by atoms with van der Waals surface area (Å²) in [6.07, 6.45) is 7.48. The van der Waals surface area contributed by atoms with Crippen LogP contribution in [0.5, 0.6) is 5.75 Å². The molecule has 0 radical (unpaired) electrons. The molecule has 132 valence electrons. The lowest BCUT2D eigenvalue weighted by atomic mass is 9.54. The van der Waals surface area contributed by atoms with Crippen molar-refractivity contribution < 1.29 is 4.74 Å². The Labute approximate surface area is 154 Å². The van der Waals surface area contributed by atoms with E-state index in [1.165, 1.54) is 42.5 Å². The van der Waals surface area contributed by atoms with E-state index in [1.807, 2.05) is 0 Å².